The minimum absolute atomic E-state index is 0.0554. The number of unbranched alkanes of at least 4 members (excludes halogenated alkanes) is 3. The summed E-state index contributed by atoms with van der Waals surface area (Å²) in [6.45, 7) is 3.62. The Kier molecular flexibility index (Phi) is 10.3. The highest BCUT2D eigenvalue weighted by Crippen LogP contribution is 2.37. The number of ketones is 1. The highest BCUT2D eigenvalue weighted by atomic mass is 16.5. The fourth-order valence-corrected chi connectivity index (χ4v) is 4.23. The zero-order valence-electron chi connectivity index (χ0n) is 18.2. The number of Topliss-reactive ketones (excluding diaryl/α,β-unsaturated/α-hetero) is 1. The van der Waals surface area contributed by atoms with Gasteiger partial charge in [0.1, 0.15) is 11.5 Å². The van der Waals surface area contributed by atoms with Crippen molar-refractivity contribution in [3.63, 3.8) is 0 Å². The van der Waals surface area contributed by atoms with Gasteiger partial charge in [-0.25, -0.2) is 4.79 Å². The Morgan fingerprint density at radius 2 is 2.00 bits per heavy atom. The molecule has 0 amide bonds. The van der Waals surface area contributed by atoms with Gasteiger partial charge in [0.15, 0.2) is 0 Å². The number of rotatable bonds is 13. The third kappa shape index (κ3) is 8.07. The number of hydrogen-bond donors (Lipinski definition) is 2. The van der Waals surface area contributed by atoms with E-state index in [2.05, 4.69) is 0 Å². The molecule has 2 N–H and O–H groups in total. The molecule has 0 aliphatic heterocycles. The minimum Gasteiger partial charge on any atom is -0.469 e. The molecule has 30 heavy (non-hydrogen) atoms. The predicted octanol–water partition coefficient (Wildman–Crippen LogP) is 3.99. The van der Waals surface area contributed by atoms with Crippen molar-refractivity contribution < 1.29 is 29.0 Å². The zero-order chi connectivity index (χ0) is 21.9. The molecule has 0 radical (unpaired) electrons. The van der Waals surface area contributed by atoms with Crippen LogP contribution in [-0.4, -0.2) is 40.3 Å². The molecule has 1 aromatic heterocycles. The molecule has 1 aromatic rings. The van der Waals surface area contributed by atoms with Gasteiger partial charge in [-0.2, -0.15) is 0 Å². The summed E-state index contributed by atoms with van der Waals surface area (Å²) in [4.78, 5) is 24.2. The van der Waals surface area contributed by atoms with Crippen LogP contribution in [0.5, 0.6) is 0 Å². The monoisotopic (exact) mass is 420 g/mol. The summed E-state index contributed by atoms with van der Waals surface area (Å²) in [6, 6.07) is 3.78. The predicted molar refractivity (Wildman–Crippen MR) is 114 cm³/mol. The average molecular weight is 421 g/mol. The van der Waals surface area contributed by atoms with Crippen LogP contribution in [0.3, 0.4) is 0 Å². The molecule has 6 nitrogen and oxygen atoms in total. The lowest BCUT2D eigenvalue weighted by molar-refractivity contribution is -0.141. The van der Waals surface area contributed by atoms with E-state index in [0.717, 1.165) is 44.3 Å². The molecule has 1 aliphatic rings. The molecule has 0 aromatic carbocycles. The Hall–Kier alpha value is -1.92. The molecule has 1 fully saturated rings. The molecule has 6 heteroatoms. The second kappa shape index (κ2) is 12.7. The van der Waals surface area contributed by atoms with Crippen molar-refractivity contribution in [2.45, 2.75) is 89.9 Å². The van der Waals surface area contributed by atoms with Crippen LogP contribution in [0.4, 0.5) is 0 Å². The summed E-state index contributed by atoms with van der Waals surface area (Å²) in [5.74, 6) is -0.0207. The molecule has 0 spiro atoms. The molecule has 4 atom stereocenters. The van der Waals surface area contributed by atoms with Crippen LogP contribution >= 0.6 is 0 Å². The maximum atomic E-state index is 12.7. The van der Waals surface area contributed by atoms with E-state index in [-0.39, 0.29) is 30.2 Å². The van der Waals surface area contributed by atoms with E-state index in [9.17, 15) is 19.8 Å². The molecule has 2 rings (SSSR count). The van der Waals surface area contributed by atoms with Crippen molar-refractivity contribution in [3.8, 4) is 0 Å². The van der Waals surface area contributed by atoms with Crippen LogP contribution in [-0.2, 0) is 20.7 Å². The summed E-state index contributed by atoms with van der Waals surface area (Å²) < 4.78 is 10.3. The van der Waals surface area contributed by atoms with Crippen molar-refractivity contribution in [1.29, 1.82) is 0 Å². The number of aliphatic hydroxyl groups excluding tert-OH is 2. The van der Waals surface area contributed by atoms with Crippen molar-refractivity contribution in [1.82, 2.24) is 0 Å². The van der Waals surface area contributed by atoms with E-state index in [0.29, 0.717) is 12.8 Å². The fourth-order valence-electron chi connectivity index (χ4n) is 4.23. The van der Waals surface area contributed by atoms with E-state index in [1.807, 2.05) is 26.0 Å². The van der Waals surface area contributed by atoms with Gasteiger partial charge >= 0.3 is 5.97 Å². The Labute approximate surface area is 179 Å². The third-order valence-electron chi connectivity index (χ3n) is 5.67. The maximum Gasteiger partial charge on any atom is 0.330 e. The van der Waals surface area contributed by atoms with E-state index in [1.165, 1.54) is 6.08 Å². The van der Waals surface area contributed by atoms with Gasteiger partial charge in [-0.05, 0) is 64.0 Å². The molecule has 0 saturated heterocycles. The molecular formula is C24H36O6. The molecule has 1 saturated carbocycles. The van der Waals surface area contributed by atoms with Gasteiger partial charge in [0.05, 0.1) is 24.6 Å². The number of allylic oxidation sites excluding steroid dienone is 1. The number of carbonyl (C=O) groups excluding carboxylic acids is 2. The summed E-state index contributed by atoms with van der Waals surface area (Å²) >= 11 is 0. The van der Waals surface area contributed by atoms with Crippen LogP contribution in [0.1, 0.15) is 71.0 Å². The highest BCUT2D eigenvalue weighted by Gasteiger charge is 2.44. The van der Waals surface area contributed by atoms with Gasteiger partial charge in [-0.15, -0.1) is 0 Å². The van der Waals surface area contributed by atoms with Crippen LogP contribution < -0.4 is 0 Å². The van der Waals surface area contributed by atoms with Crippen molar-refractivity contribution >= 4 is 11.8 Å². The second-order valence-corrected chi connectivity index (χ2v) is 8.49. The standard InChI is InChI=1S/C24H36O6/c1-17(2)30-23(28)14-6-4-3-5-12-19-21(26)16-22(27)24(19)20(25)13-8-7-10-18-11-9-15-29-18/h6,9,11,14-15,17,19,21-22,24,26-27H,3-5,7-8,10,12-13,16H2,1-2H3/t19?,21-,22+,24?/m1/s1. The van der Waals surface area contributed by atoms with Crippen molar-refractivity contribution in [3.05, 3.63) is 36.3 Å². The lowest BCUT2D eigenvalue weighted by Crippen LogP contribution is -2.30. The van der Waals surface area contributed by atoms with Gasteiger partial charge in [0, 0.05) is 31.3 Å². The molecular weight excluding hydrogens is 384 g/mol. The number of hydrogen-bond acceptors (Lipinski definition) is 6. The van der Waals surface area contributed by atoms with Crippen molar-refractivity contribution in [2.75, 3.05) is 0 Å². The van der Waals surface area contributed by atoms with E-state index < -0.39 is 18.1 Å². The van der Waals surface area contributed by atoms with E-state index in [4.69, 9.17) is 9.15 Å². The SMILES string of the molecule is CC(C)OC(=O)C=CCCCCC1C(C(=O)CCCCc2ccco2)[C@@H](O)C[C@H]1O. The number of furan rings is 1. The minimum atomic E-state index is -0.756. The Morgan fingerprint density at radius 3 is 2.70 bits per heavy atom. The third-order valence-corrected chi connectivity index (χ3v) is 5.67. The van der Waals surface area contributed by atoms with E-state index >= 15 is 0 Å². The zero-order valence-corrected chi connectivity index (χ0v) is 18.2. The first kappa shape index (κ1) is 24.4. The van der Waals surface area contributed by atoms with Gasteiger partial charge in [0.2, 0.25) is 0 Å². The number of aryl methyl sites for hydroxylation is 1. The summed E-state index contributed by atoms with van der Waals surface area (Å²) in [5, 5.41) is 20.7. The average Bonchev–Trinajstić information content (AvgIpc) is 3.28. The molecule has 168 valence electrons. The first-order valence-electron chi connectivity index (χ1n) is 11.2. The first-order chi connectivity index (χ1) is 14.4. The van der Waals surface area contributed by atoms with Crippen molar-refractivity contribution in [2.24, 2.45) is 11.8 Å². The summed E-state index contributed by atoms with van der Waals surface area (Å²) in [5.41, 5.74) is 0. The number of ether oxygens (including phenoxy) is 1. The topological polar surface area (TPSA) is 97.0 Å². The quantitative estimate of drug-likeness (QED) is 0.285. The first-order valence-corrected chi connectivity index (χ1v) is 11.2. The Balaban J connectivity index is 1.70. The lowest BCUT2D eigenvalue weighted by Gasteiger charge is -2.22. The van der Waals surface area contributed by atoms with Crippen LogP contribution in [0.25, 0.3) is 0 Å². The molecule has 1 heterocycles. The van der Waals surface area contributed by atoms with E-state index in [1.54, 1.807) is 12.3 Å². The lowest BCUT2D eigenvalue weighted by atomic mass is 9.84. The summed E-state index contributed by atoms with van der Waals surface area (Å²) in [6.07, 6.45) is 9.62. The maximum absolute atomic E-state index is 12.7. The van der Waals surface area contributed by atoms with Crippen LogP contribution in [0, 0.1) is 11.8 Å². The number of aliphatic hydroxyl groups is 2. The van der Waals surface area contributed by atoms with Crippen LogP contribution in [0.2, 0.25) is 0 Å². The number of esters is 1. The second-order valence-electron chi connectivity index (χ2n) is 8.49. The van der Waals surface area contributed by atoms with Gasteiger partial charge in [0.25, 0.3) is 0 Å². The van der Waals surface area contributed by atoms with Crippen LogP contribution in [0.15, 0.2) is 35.0 Å². The van der Waals surface area contributed by atoms with Gasteiger partial charge in [-0.3, -0.25) is 4.79 Å². The largest absolute Gasteiger partial charge is 0.469 e. The number of carbonyl (C=O) groups is 2. The Bertz CT molecular complexity index is 663. The molecule has 0 bridgehead atoms. The Morgan fingerprint density at radius 1 is 1.20 bits per heavy atom. The summed E-state index contributed by atoms with van der Waals surface area (Å²) in [7, 11) is 0. The fraction of sp³-hybridized carbons (Fsp3) is 0.667. The van der Waals surface area contributed by atoms with Gasteiger partial charge in [-0.1, -0.05) is 12.5 Å². The highest BCUT2D eigenvalue weighted by molar-refractivity contribution is 5.82. The smallest absolute Gasteiger partial charge is 0.330 e. The molecule has 1 aliphatic carbocycles. The normalized spacial score (nSPS) is 24.0. The molecule has 2 unspecified atom stereocenters. The van der Waals surface area contributed by atoms with Gasteiger partial charge < -0.3 is 19.4 Å².